The number of hydrogen-bond acceptors (Lipinski definition) is 8. The summed E-state index contributed by atoms with van der Waals surface area (Å²) >= 11 is 1.32. The molecule has 10 heteroatoms. The van der Waals surface area contributed by atoms with Crippen LogP contribution in [-0.2, 0) is 9.59 Å². The van der Waals surface area contributed by atoms with Crippen molar-refractivity contribution in [2.75, 3.05) is 18.6 Å². The average molecular weight is 611 g/mol. The number of nitrogens with zero attached hydrogens (tertiary/aromatic N) is 4. The van der Waals surface area contributed by atoms with Gasteiger partial charge in [-0.1, -0.05) is 49.3 Å². The number of carbonyl (C=O) groups is 2. The third-order valence-corrected chi connectivity index (χ3v) is 9.02. The van der Waals surface area contributed by atoms with Crippen molar-refractivity contribution in [1.29, 1.82) is 0 Å². The zero-order valence-corrected chi connectivity index (χ0v) is 26.2. The molecule has 1 N–H and O–H groups in total. The molecule has 1 saturated heterocycles. The molecule has 3 aromatic heterocycles. The van der Waals surface area contributed by atoms with Gasteiger partial charge in [0.1, 0.15) is 11.3 Å². The second-order valence-electron chi connectivity index (χ2n) is 11.0. The van der Waals surface area contributed by atoms with Crippen LogP contribution in [0.5, 0.6) is 11.5 Å². The molecule has 9 nitrogen and oxygen atoms in total. The fraction of sp³-hybridized carbons (Fsp3) is 0.294. The lowest BCUT2D eigenvalue weighted by Gasteiger charge is -2.23. The first-order chi connectivity index (χ1) is 21.2. The number of carbonyl (C=O) groups excluding carboxylic acids is 2. The van der Waals surface area contributed by atoms with E-state index in [4.69, 9.17) is 19.4 Å². The fourth-order valence-electron chi connectivity index (χ4n) is 5.65. The van der Waals surface area contributed by atoms with Gasteiger partial charge in [0.25, 0.3) is 5.78 Å². The Morgan fingerprint density at radius 1 is 1.02 bits per heavy atom. The van der Waals surface area contributed by atoms with E-state index in [1.54, 1.807) is 25.3 Å². The predicted octanol–water partition coefficient (Wildman–Crippen LogP) is 7.07. The van der Waals surface area contributed by atoms with Crippen LogP contribution < -0.4 is 14.4 Å². The molecule has 1 unspecified atom stereocenters. The lowest BCUT2D eigenvalue weighted by Crippen LogP contribution is -2.29. The molecule has 4 heterocycles. The van der Waals surface area contributed by atoms with Crippen LogP contribution in [0.1, 0.15) is 60.3 Å². The number of imidazole rings is 1. The van der Waals surface area contributed by atoms with Crippen molar-refractivity contribution in [1.82, 2.24) is 14.4 Å². The lowest BCUT2D eigenvalue weighted by atomic mass is 9.96. The van der Waals surface area contributed by atoms with E-state index in [9.17, 15) is 14.7 Å². The van der Waals surface area contributed by atoms with E-state index in [-0.39, 0.29) is 17.0 Å². The highest BCUT2D eigenvalue weighted by molar-refractivity contribution is 7.22. The molecular formula is C34H34N4O5S. The summed E-state index contributed by atoms with van der Waals surface area (Å²) in [7, 11) is 1.55. The number of aromatic nitrogens is 3. The molecule has 44 heavy (non-hydrogen) atoms. The van der Waals surface area contributed by atoms with E-state index < -0.39 is 17.7 Å². The van der Waals surface area contributed by atoms with Crippen LogP contribution in [0.4, 0.5) is 5.13 Å². The summed E-state index contributed by atoms with van der Waals surface area (Å²) < 4.78 is 14.4. The molecule has 1 atom stereocenters. The van der Waals surface area contributed by atoms with Gasteiger partial charge in [-0.2, -0.15) is 0 Å². The Hall–Kier alpha value is -4.70. The van der Waals surface area contributed by atoms with Crippen LogP contribution >= 0.6 is 11.3 Å². The number of Topliss-reactive ketones (excluding diaryl/α,β-unsaturated/α-hetero) is 1. The number of hydrogen-bond donors (Lipinski definition) is 1. The Balaban J connectivity index is 1.53. The molecule has 1 amide bonds. The molecule has 1 aliphatic heterocycles. The Morgan fingerprint density at radius 3 is 2.59 bits per heavy atom. The summed E-state index contributed by atoms with van der Waals surface area (Å²) in [6.45, 7) is 8.41. The number of ether oxygens (including phenoxy) is 2. The smallest absolute Gasteiger partial charge is 0.301 e. The summed E-state index contributed by atoms with van der Waals surface area (Å²) in [5.41, 5.74) is 4.74. The maximum atomic E-state index is 13.9. The van der Waals surface area contributed by atoms with Crippen LogP contribution in [0.2, 0.25) is 0 Å². The number of thiazole rings is 1. The summed E-state index contributed by atoms with van der Waals surface area (Å²) in [5, 5.41) is 12.2. The second kappa shape index (κ2) is 11.8. The molecule has 0 bridgehead atoms. The number of benzene rings is 2. The van der Waals surface area contributed by atoms with Gasteiger partial charge < -0.3 is 19.0 Å². The van der Waals surface area contributed by atoms with Gasteiger partial charge in [-0.05, 0) is 74.2 Å². The Kier molecular flexibility index (Phi) is 7.85. The first kappa shape index (κ1) is 29.4. The number of aryl methyl sites for hydroxylation is 3. The maximum absolute atomic E-state index is 13.9. The maximum Gasteiger partial charge on any atom is 0.301 e. The number of pyridine rings is 1. The molecule has 0 saturated carbocycles. The van der Waals surface area contributed by atoms with Crippen molar-refractivity contribution < 1.29 is 24.2 Å². The topological polar surface area (TPSA) is 106 Å². The first-order valence-electron chi connectivity index (χ1n) is 14.7. The molecule has 0 aliphatic carbocycles. The number of aliphatic hydroxyl groups is 1. The van der Waals surface area contributed by atoms with E-state index in [2.05, 4.69) is 6.92 Å². The van der Waals surface area contributed by atoms with Gasteiger partial charge in [0.2, 0.25) is 0 Å². The van der Waals surface area contributed by atoms with Crippen molar-refractivity contribution >= 4 is 49.8 Å². The molecule has 1 fully saturated rings. The fourth-order valence-corrected chi connectivity index (χ4v) is 6.74. The number of aliphatic hydroxyl groups excluding tert-OH is 1. The van der Waals surface area contributed by atoms with Crippen LogP contribution in [-0.4, -0.2) is 44.9 Å². The highest BCUT2D eigenvalue weighted by atomic mass is 32.1. The van der Waals surface area contributed by atoms with E-state index in [0.717, 1.165) is 40.6 Å². The summed E-state index contributed by atoms with van der Waals surface area (Å²) in [5.74, 6) is -0.901. The molecule has 0 spiro atoms. The van der Waals surface area contributed by atoms with Crippen molar-refractivity contribution in [3.8, 4) is 11.5 Å². The molecule has 5 aromatic rings. The van der Waals surface area contributed by atoms with Crippen molar-refractivity contribution in [2.24, 2.45) is 0 Å². The number of anilines is 1. The van der Waals surface area contributed by atoms with E-state index in [1.165, 1.54) is 16.2 Å². The first-order valence-corrected chi connectivity index (χ1v) is 15.5. The third kappa shape index (κ3) is 4.98. The highest BCUT2D eigenvalue weighted by Crippen LogP contribution is 2.46. The Morgan fingerprint density at radius 2 is 1.84 bits per heavy atom. The summed E-state index contributed by atoms with van der Waals surface area (Å²) in [6.07, 6.45) is 4.90. The van der Waals surface area contributed by atoms with Crippen LogP contribution in [0.15, 0.2) is 60.3 Å². The van der Waals surface area contributed by atoms with Gasteiger partial charge in [-0.25, -0.2) is 9.97 Å². The number of fused-ring (bicyclic) bond motifs is 2. The molecule has 2 aromatic carbocycles. The van der Waals surface area contributed by atoms with Gasteiger partial charge in [0.05, 0.1) is 41.2 Å². The van der Waals surface area contributed by atoms with Gasteiger partial charge >= 0.3 is 5.91 Å². The summed E-state index contributed by atoms with van der Waals surface area (Å²) in [6, 6.07) is 14.0. The van der Waals surface area contributed by atoms with Gasteiger partial charge in [0.15, 0.2) is 22.4 Å². The predicted molar refractivity (Wildman–Crippen MR) is 172 cm³/mol. The monoisotopic (exact) mass is 610 g/mol. The minimum atomic E-state index is -0.981. The summed E-state index contributed by atoms with van der Waals surface area (Å²) in [4.78, 5) is 38.5. The van der Waals surface area contributed by atoms with Crippen molar-refractivity contribution in [3.05, 3.63) is 88.4 Å². The number of rotatable bonds is 9. The SMILES string of the molecule is CCCCCOc1ccc(C2/C(=C(\O)c3nc4c(C)cccn4c3C)C(=O)C(=O)N2c2nc3ccc(C)cc3s2)cc1OC. The highest BCUT2D eigenvalue weighted by Gasteiger charge is 2.49. The van der Waals surface area contributed by atoms with Gasteiger partial charge in [-0.15, -0.1) is 0 Å². The molecule has 1 aliphatic rings. The third-order valence-electron chi connectivity index (χ3n) is 8.00. The standard InChI is InChI=1S/C34H34N4O5S/c1-6-7-8-16-43-24-14-12-22(18-25(24)42-5)29-27(30(39)28-21(4)37-15-9-10-20(3)32(37)36-28)31(40)33(41)38(29)34-35-23-13-11-19(2)17-26(23)44-34/h9-15,17-18,29,39H,6-8,16H2,1-5H3/b30-27+. The minimum absolute atomic E-state index is 0.0618. The number of ketones is 1. The molecule has 0 radical (unpaired) electrons. The zero-order chi connectivity index (χ0) is 31.1. The van der Waals surface area contributed by atoms with Gasteiger partial charge in [0, 0.05) is 6.20 Å². The molecular weight excluding hydrogens is 576 g/mol. The average Bonchev–Trinajstić information content (AvgIpc) is 3.67. The Labute approximate surface area is 259 Å². The molecule has 226 valence electrons. The van der Waals surface area contributed by atoms with E-state index in [1.807, 2.05) is 61.7 Å². The van der Waals surface area contributed by atoms with Crippen LogP contribution in [0, 0.1) is 20.8 Å². The normalized spacial score (nSPS) is 16.4. The number of unbranched alkanes of at least 4 members (excludes halogenated alkanes) is 2. The molecule has 6 rings (SSSR count). The van der Waals surface area contributed by atoms with Gasteiger partial charge in [-0.3, -0.25) is 14.5 Å². The van der Waals surface area contributed by atoms with E-state index >= 15 is 0 Å². The minimum Gasteiger partial charge on any atom is -0.505 e. The van der Waals surface area contributed by atoms with Crippen LogP contribution in [0.3, 0.4) is 0 Å². The quantitative estimate of drug-likeness (QED) is 0.0823. The number of amides is 1. The van der Waals surface area contributed by atoms with Crippen molar-refractivity contribution in [3.63, 3.8) is 0 Å². The second-order valence-corrected chi connectivity index (χ2v) is 12.0. The zero-order valence-electron chi connectivity index (χ0n) is 25.4. The largest absolute Gasteiger partial charge is 0.505 e. The Bertz CT molecular complexity index is 1960. The number of methoxy groups -OCH3 is 1. The lowest BCUT2D eigenvalue weighted by molar-refractivity contribution is -0.132. The van der Waals surface area contributed by atoms with E-state index in [0.29, 0.717) is 40.1 Å². The van der Waals surface area contributed by atoms with Crippen molar-refractivity contribution in [2.45, 2.75) is 53.0 Å². The van der Waals surface area contributed by atoms with Crippen LogP contribution in [0.25, 0.3) is 21.6 Å².